The molecule has 2 N–H and O–H groups in total. The Morgan fingerprint density at radius 1 is 1.35 bits per heavy atom. The highest BCUT2D eigenvalue weighted by atomic mass is 32.2. The van der Waals surface area contributed by atoms with Crippen LogP contribution in [0.1, 0.15) is 31.5 Å². The van der Waals surface area contributed by atoms with Gasteiger partial charge in [0, 0.05) is 19.1 Å². The van der Waals surface area contributed by atoms with Gasteiger partial charge in [-0.25, -0.2) is 13.4 Å². The third kappa shape index (κ3) is 2.62. The molecule has 2 fully saturated rings. The van der Waals surface area contributed by atoms with Crippen molar-refractivity contribution in [2.24, 2.45) is 5.92 Å². The topological polar surface area (TPSA) is 78.1 Å². The quantitative estimate of drug-likeness (QED) is 0.868. The fourth-order valence-electron chi connectivity index (χ4n) is 3.30. The molecule has 1 aromatic rings. The van der Waals surface area contributed by atoms with E-state index in [0.717, 1.165) is 19.4 Å². The summed E-state index contributed by atoms with van der Waals surface area (Å²) >= 11 is 0. The minimum atomic E-state index is -3.42. The van der Waals surface area contributed by atoms with Crippen molar-refractivity contribution in [1.82, 2.24) is 19.6 Å². The molecule has 7 heteroatoms. The van der Waals surface area contributed by atoms with Crippen LogP contribution in [0.4, 0.5) is 0 Å². The van der Waals surface area contributed by atoms with Crippen molar-refractivity contribution in [2.45, 2.75) is 43.7 Å². The van der Waals surface area contributed by atoms with Crippen LogP contribution in [0.15, 0.2) is 11.2 Å². The maximum absolute atomic E-state index is 12.6. The Morgan fingerprint density at radius 2 is 2.20 bits per heavy atom. The van der Waals surface area contributed by atoms with Gasteiger partial charge in [-0.1, -0.05) is 0 Å². The van der Waals surface area contributed by atoms with Crippen molar-refractivity contribution in [3.8, 4) is 0 Å². The highest BCUT2D eigenvalue weighted by Gasteiger charge is 2.35. The van der Waals surface area contributed by atoms with Gasteiger partial charge in [-0.3, -0.25) is 0 Å². The standard InChI is InChI=1S/C13H22N4O2S/c1-10-15-8-13(16-10)20(18,19)17-7-3-4-11(9-17)12-5-2-6-14-12/h8,11-12,14H,2-7,9H2,1H3,(H,15,16). The van der Waals surface area contributed by atoms with Gasteiger partial charge in [0.15, 0.2) is 5.03 Å². The number of sulfonamides is 1. The molecule has 0 spiro atoms. The van der Waals surface area contributed by atoms with Crippen molar-refractivity contribution in [2.75, 3.05) is 19.6 Å². The maximum atomic E-state index is 12.6. The van der Waals surface area contributed by atoms with E-state index in [1.54, 1.807) is 11.2 Å². The summed E-state index contributed by atoms with van der Waals surface area (Å²) in [4.78, 5) is 6.84. The van der Waals surface area contributed by atoms with Crippen LogP contribution in [0.3, 0.4) is 0 Å². The van der Waals surface area contributed by atoms with Crippen molar-refractivity contribution in [3.63, 3.8) is 0 Å². The zero-order valence-electron chi connectivity index (χ0n) is 11.8. The van der Waals surface area contributed by atoms with E-state index in [1.807, 2.05) is 0 Å². The van der Waals surface area contributed by atoms with E-state index in [-0.39, 0.29) is 5.03 Å². The fraction of sp³-hybridized carbons (Fsp3) is 0.769. The molecule has 0 aliphatic carbocycles. The van der Waals surface area contributed by atoms with E-state index >= 15 is 0 Å². The molecule has 3 rings (SSSR count). The Morgan fingerprint density at radius 3 is 2.85 bits per heavy atom. The number of aromatic nitrogens is 2. The zero-order valence-corrected chi connectivity index (χ0v) is 12.6. The van der Waals surface area contributed by atoms with E-state index in [1.165, 1.54) is 19.0 Å². The lowest BCUT2D eigenvalue weighted by atomic mass is 9.91. The average Bonchev–Trinajstić information content (AvgIpc) is 3.10. The van der Waals surface area contributed by atoms with Gasteiger partial charge < -0.3 is 10.3 Å². The Labute approximate surface area is 120 Å². The highest BCUT2D eigenvalue weighted by molar-refractivity contribution is 7.89. The van der Waals surface area contributed by atoms with Crippen LogP contribution in [0, 0.1) is 12.8 Å². The minimum absolute atomic E-state index is 0.218. The molecule has 3 heterocycles. The third-order valence-corrected chi connectivity index (χ3v) is 6.16. The van der Waals surface area contributed by atoms with E-state index in [2.05, 4.69) is 15.3 Å². The number of H-pyrrole nitrogens is 1. The van der Waals surface area contributed by atoms with Gasteiger partial charge in [-0.05, 0) is 45.1 Å². The van der Waals surface area contributed by atoms with E-state index in [4.69, 9.17) is 0 Å². The number of rotatable bonds is 3. The van der Waals surface area contributed by atoms with Crippen LogP contribution in [-0.4, -0.2) is 48.4 Å². The molecule has 0 saturated carbocycles. The highest BCUT2D eigenvalue weighted by Crippen LogP contribution is 2.27. The van der Waals surface area contributed by atoms with Gasteiger partial charge in [0.2, 0.25) is 0 Å². The average molecular weight is 298 g/mol. The Hall–Kier alpha value is -0.920. The first-order chi connectivity index (χ1) is 9.57. The van der Waals surface area contributed by atoms with Gasteiger partial charge in [-0.15, -0.1) is 0 Å². The lowest BCUT2D eigenvalue weighted by molar-refractivity contribution is 0.226. The monoisotopic (exact) mass is 298 g/mol. The summed E-state index contributed by atoms with van der Waals surface area (Å²) in [6.07, 6.45) is 5.85. The predicted molar refractivity (Wildman–Crippen MR) is 75.8 cm³/mol. The summed E-state index contributed by atoms with van der Waals surface area (Å²) in [5.74, 6) is 1.07. The minimum Gasteiger partial charge on any atom is -0.332 e. The molecule has 2 aliphatic rings. The van der Waals surface area contributed by atoms with Gasteiger partial charge in [0.25, 0.3) is 10.0 Å². The molecule has 0 radical (unpaired) electrons. The smallest absolute Gasteiger partial charge is 0.260 e. The molecule has 6 nitrogen and oxygen atoms in total. The van der Waals surface area contributed by atoms with Crippen LogP contribution in [0.2, 0.25) is 0 Å². The Bertz CT molecular complexity index is 563. The lowest BCUT2D eigenvalue weighted by Gasteiger charge is -2.34. The number of aryl methyl sites for hydroxylation is 1. The molecule has 2 atom stereocenters. The number of nitrogens with zero attached hydrogens (tertiary/aromatic N) is 2. The molecule has 20 heavy (non-hydrogen) atoms. The number of imidazole rings is 1. The second kappa shape index (κ2) is 5.46. The van der Waals surface area contributed by atoms with E-state index in [9.17, 15) is 8.42 Å². The van der Waals surface area contributed by atoms with Gasteiger partial charge in [-0.2, -0.15) is 4.31 Å². The summed E-state index contributed by atoms with van der Waals surface area (Å²) in [7, 11) is -3.42. The summed E-state index contributed by atoms with van der Waals surface area (Å²) in [6, 6.07) is 0.483. The number of aromatic amines is 1. The van der Waals surface area contributed by atoms with Crippen molar-refractivity contribution >= 4 is 10.0 Å². The van der Waals surface area contributed by atoms with Gasteiger partial charge in [0.1, 0.15) is 5.82 Å². The zero-order chi connectivity index (χ0) is 14.2. The maximum Gasteiger partial charge on any atom is 0.260 e. The molecule has 0 aromatic carbocycles. The second-order valence-electron chi connectivity index (χ2n) is 5.80. The number of hydrogen-bond acceptors (Lipinski definition) is 4. The molecule has 0 bridgehead atoms. The number of hydrogen-bond donors (Lipinski definition) is 2. The van der Waals surface area contributed by atoms with Gasteiger partial charge >= 0.3 is 0 Å². The number of nitrogens with one attached hydrogen (secondary N) is 2. The van der Waals surface area contributed by atoms with Crippen LogP contribution < -0.4 is 5.32 Å². The SMILES string of the molecule is Cc1ncc(S(=O)(=O)N2CCCC(C3CCCN3)C2)[nH]1. The summed E-state index contributed by atoms with van der Waals surface area (Å²) < 4.78 is 26.8. The van der Waals surface area contributed by atoms with Crippen molar-refractivity contribution < 1.29 is 8.42 Å². The van der Waals surface area contributed by atoms with Gasteiger partial charge in [0.05, 0.1) is 6.20 Å². The van der Waals surface area contributed by atoms with E-state index < -0.39 is 10.0 Å². The first kappa shape index (κ1) is 14.0. The van der Waals surface area contributed by atoms with Crippen molar-refractivity contribution in [1.29, 1.82) is 0 Å². The fourth-order valence-corrected chi connectivity index (χ4v) is 4.80. The van der Waals surface area contributed by atoms with Crippen molar-refractivity contribution in [3.05, 3.63) is 12.0 Å². The molecule has 2 unspecified atom stereocenters. The van der Waals surface area contributed by atoms with Crippen LogP contribution >= 0.6 is 0 Å². The Balaban J connectivity index is 1.75. The molecule has 2 aliphatic heterocycles. The first-order valence-electron chi connectivity index (χ1n) is 7.32. The molecule has 2 saturated heterocycles. The summed E-state index contributed by atoms with van der Waals surface area (Å²) in [6.45, 7) is 4.07. The Kier molecular flexibility index (Phi) is 3.83. The molecule has 0 amide bonds. The first-order valence-corrected chi connectivity index (χ1v) is 8.76. The van der Waals surface area contributed by atoms with Crippen LogP contribution in [0.5, 0.6) is 0 Å². The second-order valence-corrected chi connectivity index (χ2v) is 7.71. The van der Waals surface area contributed by atoms with Crippen LogP contribution in [0.25, 0.3) is 0 Å². The molecule has 112 valence electrons. The molecule has 1 aromatic heterocycles. The number of piperidine rings is 1. The summed E-state index contributed by atoms with van der Waals surface area (Å²) in [5.41, 5.74) is 0. The molecular formula is C13H22N4O2S. The van der Waals surface area contributed by atoms with Crippen LogP contribution in [-0.2, 0) is 10.0 Å². The largest absolute Gasteiger partial charge is 0.332 e. The van der Waals surface area contributed by atoms with E-state index in [0.29, 0.717) is 30.9 Å². The predicted octanol–water partition coefficient (Wildman–Crippen LogP) is 0.871. The normalized spacial score (nSPS) is 28.9. The third-order valence-electron chi connectivity index (χ3n) is 4.39. The lowest BCUT2D eigenvalue weighted by Crippen LogP contribution is -2.45. The molecular weight excluding hydrogens is 276 g/mol. The summed E-state index contributed by atoms with van der Waals surface area (Å²) in [5, 5.41) is 3.72.